The van der Waals surface area contributed by atoms with Crippen molar-refractivity contribution in [3.05, 3.63) is 70.5 Å². The second-order valence-electron chi connectivity index (χ2n) is 4.14. The zero-order chi connectivity index (χ0) is 13.9. The number of nitro benzene ring substituents is 1. The average Bonchev–Trinajstić information content (AvgIpc) is 2.88. The van der Waals surface area contributed by atoms with Gasteiger partial charge in [0.1, 0.15) is 6.33 Å². The molecule has 0 aliphatic rings. The van der Waals surface area contributed by atoms with Gasteiger partial charge in [0.25, 0.3) is 5.69 Å². The molecule has 0 fully saturated rings. The lowest BCUT2D eigenvalue weighted by atomic mass is 10.2. The molecule has 1 heterocycles. The first-order valence-corrected chi connectivity index (χ1v) is 5.95. The lowest BCUT2D eigenvalue weighted by Crippen LogP contribution is -1.95. The highest BCUT2D eigenvalue weighted by molar-refractivity contribution is 5.85. The molecule has 0 bridgehead atoms. The van der Waals surface area contributed by atoms with Gasteiger partial charge >= 0.3 is 0 Å². The minimum absolute atomic E-state index is 0.0284. The van der Waals surface area contributed by atoms with Crippen molar-refractivity contribution < 1.29 is 4.92 Å². The third-order valence-electron chi connectivity index (χ3n) is 2.89. The summed E-state index contributed by atoms with van der Waals surface area (Å²) in [5, 5.41) is 15.2. The Balaban J connectivity index is 2.01. The highest BCUT2D eigenvalue weighted by Gasteiger charge is 2.10. The normalized spacial score (nSPS) is 11.2. The third-order valence-corrected chi connectivity index (χ3v) is 2.89. The Kier molecular flexibility index (Phi) is 2.96. The van der Waals surface area contributed by atoms with E-state index in [9.17, 15) is 10.1 Å². The van der Waals surface area contributed by atoms with E-state index in [0.29, 0.717) is 5.56 Å². The fourth-order valence-electron chi connectivity index (χ4n) is 1.93. The maximum Gasteiger partial charge on any atom is 0.278 e. The second kappa shape index (κ2) is 4.93. The van der Waals surface area contributed by atoms with Crippen molar-refractivity contribution in [3.63, 3.8) is 0 Å². The van der Waals surface area contributed by atoms with Crippen LogP contribution in [0.3, 0.4) is 0 Å². The zero-order valence-corrected chi connectivity index (χ0v) is 10.4. The molecule has 6 nitrogen and oxygen atoms in total. The summed E-state index contributed by atoms with van der Waals surface area (Å²) in [7, 11) is 0. The van der Waals surface area contributed by atoms with E-state index in [0.717, 1.165) is 11.0 Å². The molecule has 0 aliphatic heterocycles. The number of benzene rings is 2. The van der Waals surface area contributed by atoms with Gasteiger partial charge in [0.2, 0.25) is 0 Å². The number of hydrogen-bond acceptors (Lipinski definition) is 4. The van der Waals surface area contributed by atoms with Crippen LogP contribution in [-0.4, -0.2) is 20.8 Å². The molecule has 20 heavy (non-hydrogen) atoms. The van der Waals surface area contributed by atoms with Crippen molar-refractivity contribution in [2.24, 2.45) is 5.10 Å². The van der Waals surface area contributed by atoms with Crippen molar-refractivity contribution in [2.45, 2.75) is 0 Å². The second-order valence-corrected chi connectivity index (χ2v) is 4.14. The van der Waals surface area contributed by atoms with Crippen LogP contribution in [0, 0.1) is 10.1 Å². The summed E-state index contributed by atoms with van der Waals surface area (Å²) < 4.78 is 1.59. The first-order chi connectivity index (χ1) is 9.75. The van der Waals surface area contributed by atoms with Gasteiger partial charge in [-0.25, -0.2) is 9.66 Å². The number of rotatable bonds is 3. The molecule has 1 aromatic heterocycles. The van der Waals surface area contributed by atoms with E-state index >= 15 is 0 Å². The number of nitrogens with zero attached hydrogens (tertiary/aromatic N) is 4. The van der Waals surface area contributed by atoms with Crippen molar-refractivity contribution in [3.8, 4) is 0 Å². The van der Waals surface area contributed by atoms with E-state index in [-0.39, 0.29) is 5.69 Å². The average molecular weight is 266 g/mol. The Bertz CT molecular complexity index is 808. The molecule has 0 unspecified atom stereocenters. The van der Waals surface area contributed by atoms with Crippen molar-refractivity contribution in [2.75, 3.05) is 0 Å². The van der Waals surface area contributed by atoms with Gasteiger partial charge in [0, 0.05) is 6.07 Å². The molecular weight excluding hydrogens is 256 g/mol. The van der Waals surface area contributed by atoms with E-state index in [1.165, 1.54) is 12.3 Å². The van der Waals surface area contributed by atoms with Gasteiger partial charge in [0.05, 0.1) is 27.7 Å². The number of aromatic nitrogens is 2. The summed E-state index contributed by atoms with van der Waals surface area (Å²) in [4.78, 5) is 14.7. The largest absolute Gasteiger partial charge is 0.278 e. The van der Waals surface area contributed by atoms with Gasteiger partial charge in [-0.05, 0) is 18.2 Å². The van der Waals surface area contributed by atoms with Gasteiger partial charge < -0.3 is 0 Å². The molecule has 0 aliphatic carbocycles. The number of nitro groups is 1. The predicted molar refractivity (Wildman–Crippen MR) is 75.8 cm³/mol. The monoisotopic (exact) mass is 266 g/mol. The SMILES string of the molecule is O=[N+]([O-])c1ccccc1C=Nn1cnc2ccccc21. The molecule has 3 rings (SSSR count). The molecule has 0 saturated heterocycles. The lowest BCUT2D eigenvalue weighted by molar-refractivity contribution is -0.385. The maximum atomic E-state index is 10.9. The van der Waals surface area contributed by atoms with E-state index in [4.69, 9.17) is 0 Å². The van der Waals surface area contributed by atoms with Gasteiger partial charge in [0.15, 0.2) is 0 Å². The third kappa shape index (κ3) is 2.14. The molecule has 2 aromatic carbocycles. The predicted octanol–water partition coefficient (Wildman–Crippen LogP) is 2.83. The first kappa shape index (κ1) is 12.0. The van der Waals surface area contributed by atoms with Crippen LogP contribution in [0.4, 0.5) is 5.69 Å². The molecular formula is C14H10N4O2. The van der Waals surface area contributed by atoms with E-state index in [1.54, 1.807) is 29.2 Å². The maximum absolute atomic E-state index is 10.9. The van der Waals surface area contributed by atoms with Crippen LogP contribution in [0.25, 0.3) is 11.0 Å². The Hall–Kier alpha value is -3.02. The number of hydrogen-bond donors (Lipinski definition) is 0. The van der Waals surface area contributed by atoms with Crippen LogP contribution < -0.4 is 0 Å². The molecule has 6 heteroatoms. The summed E-state index contributed by atoms with van der Waals surface area (Å²) in [5.74, 6) is 0. The molecule has 0 radical (unpaired) electrons. The molecule has 0 N–H and O–H groups in total. The summed E-state index contributed by atoms with van der Waals surface area (Å²) in [6.07, 6.45) is 3.04. The Labute approximate surface area is 114 Å². The van der Waals surface area contributed by atoms with Crippen LogP contribution in [0.2, 0.25) is 0 Å². The van der Waals surface area contributed by atoms with Crippen LogP contribution in [0.15, 0.2) is 60.0 Å². The highest BCUT2D eigenvalue weighted by atomic mass is 16.6. The summed E-state index contributed by atoms with van der Waals surface area (Å²) in [6.45, 7) is 0. The van der Waals surface area contributed by atoms with Crippen LogP contribution in [-0.2, 0) is 0 Å². The van der Waals surface area contributed by atoms with E-state index in [1.807, 2.05) is 24.3 Å². The fourth-order valence-corrected chi connectivity index (χ4v) is 1.93. The van der Waals surface area contributed by atoms with Crippen LogP contribution in [0.5, 0.6) is 0 Å². The fraction of sp³-hybridized carbons (Fsp3) is 0. The standard InChI is InChI=1S/C14H10N4O2/c19-18(20)13-7-3-1-5-11(13)9-16-17-10-15-12-6-2-4-8-14(12)17/h1-10H. The van der Waals surface area contributed by atoms with Crippen molar-refractivity contribution in [1.29, 1.82) is 0 Å². The number of para-hydroxylation sites is 3. The zero-order valence-electron chi connectivity index (χ0n) is 10.4. The minimum Gasteiger partial charge on any atom is -0.258 e. The molecule has 0 spiro atoms. The molecule has 0 amide bonds. The van der Waals surface area contributed by atoms with Gasteiger partial charge in [-0.3, -0.25) is 10.1 Å². The minimum atomic E-state index is -0.423. The van der Waals surface area contributed by atoms with Gasteiger partial charge in [-0.1, -0.05) is 24.3 Å². The quantitative estimate of drug-likeness (QED) is 0.415. The molecule has 0 saturated carbocycles. The lowest BCUT2D eigenvalue weighted by Gasteiger charge is -1.97. The first-order valence-electron chi connectivity index (χ1n) is 5.95. The van der Waals surface area contributed by atoms with Gasteiger partial charge in [-0.2, -0.15) is 5.10 Å². The van der Waals surface area contributed by atoms with Crippen molar-refractivity contribution in [1.82, 2.24) is 9.66 Å². The Morgan fingerprint density at radius 1 is 1.15 bits per heavy atom. The van der Waals surface area contributed by atoms with E-state index in [2.05, 4.69) is 10.1 Å². The Morgan fingerprint density at radius 3 is 2.75 bits per heavy atom. The van der Waals surface area contributed by atoms with Crippen molar-refractivity contribution >= 4 is 22.9 Å². The molecule has 98 valence electrons. The summed E-state index contributed by atoms with van der Waals surface area (Å²) >= 11 is 0. The van der Waals surface area contributed by atoms with E-state index < -0.39 is 4.92 Å². The van der Waals surface area contributed by atoms with Gasteiger partial charge in [-0.15, -0.1) is 0 Å². The summed E-state index contributed by atoms with van der Waals surface area (Å²) in [6, 6.07) is 14.0. The molecule has 3 aromatic rings. The van der Waals surface area contributed by atoms with Crippen LogP contribution >= 0.6 is 0 Å². The molecule has 0 atom stereocenters. The number of imidazole rings is 1. The smallest absolute Gasteiger partial charge is 0.258 e. The summed E-state index contributed by atoms with van der Waals surface area (Å²) in [5.41, 5.74) is 2.16. The number of fused-ring (bicyclic) bond motifs is 1. The van der Waals surface area contributed by atoms with Crippen LogP contribution in [0.1, 0.15) is 5.56 Å². The Morgan fingerprint density at radius 2 is 1.90 bits per heavy atom. The topological polar surface area (TPSA) is 73.3 Å². The highest BCUT2D eigenvalue weighted by Crippen LogP contribution is 2.16.